The molecule has 16 heavy (non-hydrogen) atoms. The molecule has 0 aromatic heterocycles. The summed E-state index contributed by atoms with van der Waals surface area (Å²) in [5.74, 6) is 0.785. The van der Waals surface area contributed by atoms with Crippen molar-refractivity contribution in [3.05, 3.63) is 0 Å². The van der Waals surface area contributed by atoms with Crippen LogP contribution in [0.4, 0.5) is 0 Å². The Bertz CT molecular complexity index is 250. The molecule has 2 atom stereocenters. The SMILES string of the molecule is CC(C)CC(=O)N1CCOC2CCCCC21. The smallest absolute Gasteiger partial charge is 0.223 e. The molecule has 1 aliphatic carbocycles. The zero-order valence-electron chi connectivity index (χ0n) is 10.4. The average molecular weight is 225 g/mol. The number of carbonyl (C=O) groups is 1. The molecule has 0 aromatic rings. The fourth-order valence-corrected chi connectivity index (χ4v) is 2.87. The number of hydrogen-bond donors (Lipinski definition) is 0. The summed E-state index contributed by atoms with van der Waals surface area (Å²) in [7, 11) is 0. The fraction of sp³-hybridized carbons (Fsp3) is 0.923. The highest BCUT2D eigenvalue weighted by atomic mass is 16.5. The fourth-order valence-electron chi connectivity index (χ4n) is 2.87. The maximum Gasteiger partial charge on any atom is 0.223 e. The summed E-state index contributed by atoms with van der Waals surface area (Å²) < 4.78 is 5.77. The molecule has 1 heterocycles. The van der Waals surface area contributed by atoms with Gasteiger partial charge in [0, 0.05) is 13.0 Å². The van der Waals surface area contributed by atoms with Crippen LogP contribution in [0.2, 0.25) is 0 Å². The van der Waals surface area contributed by atoms with Crippen molar-refractivity contribution < 1.29 is 9.53 Å². The standard InChI is InChI=1S/C13H23NO2/c1-10(2)9-13(15)14-7-8-16-12-6-4-3-5-11(12)14/h10-12H,3-9H2,1-2H3. The predicted molar refractivity (Wildman–Crippen MR) is 63.2 cm³/mol. The van der Waals surface area contributed by atoms with Gasteiger partial charge in [0.2, 0.25) is 5.91 Å². The van der Waals surface area contributed by atoms with Crippen LogP contribution in [-0.4, -0.2) is 36.1 Å². The molecule has 2 fully saturated rings. The van der Waals surface area contributed by atoms with Crippen LogP contribution < -0.4 is 0 Å². The molecule has 1 saturated carbocycles. The summed E-state index contributed by atoms with van der Waals surface area (Å²) >= 11 is 0. The number of morpholine rings is 1. The molecule has 3 heteroatoms. The molecule has 0 bridgehead atoms. The summed E-state index contributed by atoms with van der Waals surface area (Å²) in [4.78, 5) is 14.2. The van der Waals surface area contributed by atoms with E-state index in [0.29, 0.717) is 30.4 Å². The van der Waals surface area contributed by atoms with Gasteiger partial charge >= 0.3 is 0 Å². The third-order valence-electron chi connectivity index (χ3n) is 3.64. The van der Waals surface area contributed by atoms with E-state index in [1.807, 2.05) is 0 Å². The molecule has 1 aliphatic heterocycles. The van der Waals surface area contributed by atoms with E-state index >= 15 is 0 Å². The van der Waals surface area contributed by atoms with Crippen molar-refractivity contribution in [3.63, 3.8) is 0 Å². The molecule has 1 saturated heterocycles. The molecule has 0 aromatic carbocycles. The van der Waals surface area contributed by atoms with Crippen molar-refractivity contribution >= 4 is 5.91 Å². The second-order valence-corrected chi connectivity index (χ2v) is 5.45. The van der Waals surface area contributed by atoms with Crippen molar-refractivity contribution in [1.29, 1.82) is 0 Å². The summed E-state index contributed by atoms with van der Waals surface area (Å²) in [6.07, 6.45) is 5.77. The number of rotatable bonds is 2. The predicted octanol–water partition coefficient (Wildman–Crippen LogP) is 2.20. The molecule has 0 radical (unpaired) electrons. The lowest BCUT2D eigenvalue weighted by Crippen LogP contribution is -2.55. The van der Waals surface area contributed by atoms with Gasteiger partial charge in [-0.2, -0.15) is 0 Å². The van der Waals surface area contributed by atoms with Gasteiger partial charge < -0.3 is 9.64 Å². The van der Waals surface area contributed by atoms with Crippen LogP contribution >= 0.6 is 0 Å². The van der Waals surface area contributed by atoms with Crippen LogP contribution in [0.3, 0.4) is 0 Å². The first-order chi connectivity index (χ1) is 7.68. The Morgan fingerprint density at radius 2 is 2.12 bits per heavy atom. The van der Waals surface area contributed by atoms with E-state index in [1.54, 1.807) is 0 Å². The lowest BCUT2D eigenvalue weighted by molar-refractivity contribution is -0.150. The average Bonchev–Trinajstić information content (AvgIpc) is 2.27. The van der Waals surface area contributed by atoms with Crippen LogP contribution in [0.25, 0.3) is 0 Å². The van der Waals surface area contributed by atoms with E-state index in [9.17, 15) is 4.79 Å². The van der Waals surface area contributed by atoms with E-state index in [2.05, 4.69) is 18.7 Å². The number of ether oxygens (including phenoxy) is 1. The van der Waals surface area contributed by atoms with E-state index in [1.165, 1.54) is 12.8 Å². The number of hydrogen-bond acceptors (Lipinski definition) is 2. The molecule has 3 nitrogen and oxygen atoms in total. The first-order valence-corrected chi connectivity index (χ1v) is 6.59. The van der Waals surface area contributed by atoms with Crippen LogP contribution in [0, 0.1) is 5.92 Å². The van der Waals surface area contributed by atoms with Crippen LogP contribution in [0.15, 0.2) is 0 Å². The minimum Gasteiger partial charge on any atom is -0.374 e. The second-order valence-electron chi connectivity index (χ2n) is 5.45. The maximum absolute atomic E-state index is 12.1. The zero-order valence-corrected chi connectivity index (χ0v) is 10.4. The molecule has 2 aliphatic rings. The Morgan fingerprint density at radius 3 is 2.88 bits per heavy atom. The monoisotopic (exact) mass is 225 g/mol. The Morgan fingerprint density at radius 1 is 1.38 bits per heavy atom. The van der Waals surface area contributed by atoms with Crippen molar-refractivity contribution in [2.45, 2.75) is 58.1 Å². The van der Waals surface area contributed by atoms with Gasteiger partial charge in [-0.25, -0.2) is 0 Å². The van der Waals surface area contributed by atoms with Gasteiger partial charge in [-0.05, 0) is 18.8 Å². The lowest BCUT2D eigenvalue weighted by atomic mass is 9.89. The van der Waals surface area contributed by atoms with E-state index < -0.39 is 0 Å². The van der Waals surface area contributed by atoms with Gasteiger partial charge in [0.25, 0.3) is 0 Å². The highest BCUT2D eigenvalue weighted by Gasteiger charge is 2.36. The Balaban J connectivity index is 1.99. The largest absolute Gasteiger partial charge is 0.374 e. The highest BCUT2D eigenvalue weighted by Crippen LogP contribution is 2.29. The van der Waals surface area contributed by atoms with Gasteiger partial charge in [0.1, 0.15) is 0 Å². The Labute approximate surface area is 98.1 Å². The molecular formula is C13H23NO2. The normalized spacial score (nSPS) is 30.3. The van der Waals surface area contributed by atoms with Gasteiger partial charge in [0.15, 0.2) is 0 Å². The molecular weight excluding hydrogens is 202 g/mol. The number of carbonyl (C=O) groups excluding carboxylic acids is 1. The summed E-state index contributed by atoms with van der Waals surface area (Å²) in [6, 6.07) is 0.369. The molecule has 92 valence electrons. The van der Waals surface area contributed by atoms with Gasteiger partial charge in [0.05, 0.1) is 18.8 Å². The zero-order chi connectivity index (χ0) is 11.5. The number of nitrogens with zero attached hydrogens (tertiary/aromatic N) is 1. The Hall–Kier alpha value is -0.570. The summed E-state index contributed by atoms with van der Waals surface area (Å²) in [5.41, 5.74) is 0. The third-order valence-corrected chi connectivity index (χ3v) is 3.64. The van der Waals surface area contributed by atoms with Crippen molar-refractivity contribution in [2.24, 2.45) is 5.92 Å². The molecule has 1 amide bonds. The number of fused-ring (bicyclic) bond motifs is 1. The van der Waals surface area contributed by atoms with Crippen molar-refractivity contribution in [2.75, 3.05) is 13.2 Å². The molecule has 0 N–H and O–H groups in total. The van der Waals surface area contributed by atoms with Crippen LogP contribution in [-0.2, 0) is 9.53 Å². The maximum atomic E-state index is 12.1. The quantitative estimate of drug-likeness (QED) is 0.721. The van der Waals surface area contributed by atoms with Gasteiger partial charge in [-0.3, -0.25) is 4.79 Å². The second kappa shape index (κ2) is 5.17. The van der Waals surface area contributed by atoms with E-state index in [0.717, 1.165) is 26.0 Å². The van der Waals surface area contributed by atoms with Crippen LogP contribution in [0.1, 0.15) is 46.0 Å². The van der Waals surface area contributed by atoms with Gasteiger partial charge in [-0.1, -0.05) is 26.7 Å². The van der Waals surface area contributed by atoms with Gasteiger partial charge in [-0.15, -0.1) is 0 Å². The molecule has 0 spiro atoms. The lowest BCUT2D eigenvalue weighted by Gasteiger charge is -2.44. The van der Waals surface area contributed by atoms with Crippen LogP contribution in [0.5, 0.6) is 0 Å². The highest BCUT2D eigenvalue weighted by molar-refractivity contribution is 5.77. The minimum atomic E-state index is 0.318. The topological polar surface area (TPSA) is 29.5 Å². The number of amides is 1. The molecule has 2 unspecified atom stereocenters. The van der Waals surface area contributed by atoms with Crippen molar-refractivity contribution in [3.8, 4) is 0 Å². The first-order valence-electron chi connectivity index (χ1n) is 6.59. The van der Waals surface area contributed by atoms with E-state index in [4.69, 9.17) is 4.74 Å². The van der Waals surface area contributed by atoms with E-state index in [-0.39, 0.29) is 0 Å². The third kappa shape index (κ3) is 2.57. The Kier molecular flexibility index (Phi) is 3.85. The minimum absolute atomic E-state index is 0.318. The summed E-state index contributed by atoms with van der Waals surface area (Å²) in [6.45, 7) is 5.74. The molecule has 2 rings (SSSR count). The summed E-state index contributed by atoms with van der Waals surface area (Å²) in [5, 5.41) is 0. The van der Waals surface area contributed by atoms with Crippen molar-refractivity contribution in [1.82, 2.24) is 4.90 Å². The first kappa shape index (κ1) is 11.9.